The number of aromatic nitrogens is 2. The summed E-state index contributed by atoms with van der Waals surface area (Å²) < 4.78 is 20.2. The van der Waals surface area contributed by atoms with Gasteiger partial charge >= 0.3 is 11.9 Å². The van der Waals surface area contributed by atoms with Gasteiger partial charge in [-0.3, -0.25) is 4.79 Å². The van der Waals surface area contributed by atoms with E-state index in [4.69, 9.17) is 25.8 Å². The molecule has 0 unspecified atom stereocenters. The fourth-order valence-corrected chi connectivity index (χ4v) is 3.18. The summed E-state index contributed by atoms with van der Waals surface area (Å²) in [6.07, 6.45) is 2.70. The van der Waals surface area contributed by atoms with Crippen molar-refractivity contribution in [1.29, 1.82) is 0 Å². The molecule has 0 fully saturated rings. The molecule has 1 aromatic heterocycles. The van der Waals surface area contributed by atoms with Crippen LogP contribution in [0.3, 0.4) is 0 Å². The predicted molar refractivity (Wildman–Crippen MR) is 117 cm³/mol. The number of aromatic amines is 1. The first-order valence-corrected chi connectivity index (χ1v) is 9.61. The number of fused-ring (bicyclic) bond motifs is 1. The van der Waals surface area contributed by atoms with E-state index in [1.54, 1.807) is 12.1 Å². The Labute approximate surface area is 187 Å². The van der Waals surface area contributed by atoms with Gasteiger partial charge in [-0.2, -0.15) is 0 Å². The largest absolute Gasteiger partial charge is 0.493 e. The highest BCUT2D eigenvalue weighted by molar-refractivity contribution is 6.32. The Morgan fingerprint density at radius 2 is 1.91 bits per heavy atom. The quantitative estimate of drug-likeness (QED) is 0.424. The zero-order valence-electron chi connectivity index (χ0n) is 17.4. The summed E-state index contributed by atoms with van der Waals surface area (Å²) in [5.74, 6) is -0.294. The molecule has 0 aliphatic carbocycles. The summed E-state index contributed by atoms with van der Waals surface area (Å²) in [4.78, 5) is 42.8. The molecular weight excluding hydrogens is 440 g/mol. The first kappa shape index (κ1) is 22.8. The van der Waals surface area contributed by atoms with E-state index < -0.39 is 17.5 Å². The first-order valence-electron chi connectivity index (χ1n) is 9.24. The van der Waals surface area contributed by atoms with E-state index in [2.05, 4.69) is 14.7 Å². The average Bonchev–Trinajstić information content (AvgIpc) is 2.80. The molecule has 2 aromatic carbocycles. The molecule has 0 saturated heterocycles. The maximum absolute atomic E-state index is 12.2. The molecule has 0 saturated carbocycles. The molecule has 0 aliphatic rings. The maximum Gasteiger partial charge on any atom is 0.337 e. The van der Waals surface area contributed by atoms with Gasteiger partial charge in [0.15, 0.2) is 11.5 Å². The van der Waals surface area contributed by atoms with Gasteiger partial charge in [0.1, 0.15) is 12.4 Å². The normalized spacial score (nSPS) is 10.9. The summed E-state index contributed by atoms with van der Waals surface area (Å²) >= 11 is 6.15. The van der Waals surface area contributed by atoms with Crippen molar-refractivity contribution in [3.8, 4) is 11.5 Å². The van der Waals surface area contributed by atoms with Gasteiger partial charge in [0.05, 0.1) is 42.8 Å². The fourth-order valence-electron chi connectivity index (χ4n) is 2.89. The summed E-state index contributed by atoms with van der Waals surface area (Å²) in [5.41, 5.74) is 0.695. The third-order valence-corrected chi connectivity index (χ3v) is 4.68. The van der Waals surface area contributed by atoms with Crippen molar-refractivity contribution in [2.24, 2.45) is 0 Å². The number of rotatable bonds is 7. The van der Waals surface area contributed by atoms with Crippen molar-refractivity contribution in [2.45, 2.75) is 6.61 Å². The zero-order chi connectivity index (χ0) is 23.3. The molecule has 1 N–H and O–H groups in total. The minimum atomic E-state index is -0.665. The van der Waals surface area contributed by atoms with Gasteiger partial charge in [-0.15, -0.1) is 0 Å². The average molecular weight is 459 g/mol. The summed E-state index contributed by atoms with van der Waals surface area (Å²) in [6.45, 7) is -0.274. The molecule has 32 heavy (non-hydrogen) atoms. The molecule has 10 heteroatoms. The van der Waals surface area contributed by atoms with Crippen molar-refractivity contribution < 1.29 is 28.5 Å². The van der Waals surface area contributed by atoms with E-state index >= 15 is 0 Å². The van der Waals surface area contributed by atoms with Crippen LogP contribution in [-0.4, -0.2) is 43.2 Å². The van der Waals surface area contributed by atoms with E-state index in [0.29, 0.717) is 22.1 Å². The van der Waals surface area contributed by atoms with Crippen molar-refractivity contribution in [2.75, 3.05) is 21.3 Å². The minimum absolute atomic E-state index is 0.125. The van der Waals surface area contributed by atoms with E-state index in [-0.39, 0.29) is 28.9 Å². The van der Waals surface area contributed by atoms with Crippen LogP contribution in [0.15, 0.2) is 41.2 Å². The minimum Gasteiger partial charge on any atom is -0.493 e. The van der Waals surface area contributed by atoms with E-state index in [9.17, 15) is 14.4 Å². The monoisotopic (exact) mass is 458 g/mol. The smallest absolute Gasteiger partial charge is 0.337 e. The molecule has 3 rings (SSSR count). The SMILES string of the molecule is COC(=O)c1ccc2c(=O)[nH]c(COC(=O)C=Cc3cc(Cl)c(OC)c(OC)c3)nc2c1. The Balaban J connectivity index is 1.73. The lowest BCUT2D eigenvalue weighted by Gasteiger charge is -2.10. The van der Waals surface area contributed by atoms with E-state index in [0.717, 1.165) is 0 Å². The van der Waals surface area contributed by atoms with Crippen LogP contribution >= 0.6 is 11.6 Å². The number of esters is 2. The Morgan fingerprint density at radius 3 is 2.59 bits per heavy atom. The lowest BCUT2D eigenvalue weighted by molar-refractivity contribution is -0.139. The summed E-state index contributed by atoms with van der Waals surface area (Å²) in [6, 6.07) is 7.63. The standard InChI is InChI=1S/C22H19ClN2O7/c1-29-17-9-12(8-15(23)20(17)30-2)4-7-19(26)32-11-18-24-16-10-13(22(28)31-3)5-6-14(16)21(27)25-18/h4-10H,11H2,1-3H3,(H,24,25,27). The topological polar surface area (TPSA) is 117 Å². The zero-order valence-corrected chi connectivity index (χ0v) is 18.2. The maximum atomic E-state index is 12.2. The molecule has 0 spiro atoms. The Kier molecular flexibility index (Phi) is 7.11. The van der Waals surface area contributed by atoms with Gasteiger partial charge in [0.25, 0.3) is 5.56 Å². The Morgan fingerprint density at radius 1 is 1.12 bits per heavy atom. The predicted octanol–water partition coefficient (Wildman–Crippen LogP) is 3.14. The van der Waals surface area contributed by atoms with Gasteiger partial charge in [-0.1, -0.05) is 11.6 Å². The fraction of sp³-hybridized carbons (Fsp3) is 0.182. The van der Waals surface area contributed by atoms with Gasteiger partial charge in [-0.25, -0.2) is 14.6 Å². The number of nitrogens with zero attached hydrogens (tertiary/aromatic N) is 1. The number of carbonyl (C=O) groups excluding carboxylic acids is 2. The summed E-state index contributed by atoms with van der Waals surface area (Å²) in [7, 11) is 4.20. The molecule has 166 valence electrons. The number of ether oxygens (including phenoxy) is 4. The Hall–Kier alpha value is -3.85. The molecule has 0 aliphatic heterocycles. The van der Waals surface area contributed by atoms with Crippen LogP contribution in [0.25, 0.3) is 17.0 Å². The van der Waals surface area contributed by atoms with Crippen molar-refractivity contribution in [3.05, 3.63) is 68.7 Å². The van der Waals surface area contributed by atoms with Gasteiger partial charge in [0, 0.05) is 6.08 Å². The number of carbonyl (C=O) groups is 2. The van der Waals surface area contributed by atoms with Crippen molar-refractivity contribution in [3.63, 3.8) is 0 Å². The van der Waals surface area contributed by atoms with Crippen LogP contribution in [0.4, 0.5) is 0 Å². The van der Waals surface area contributed by atoms with Crippen molar-refractivity contribution in [1.82, 2.24) is 9.97 Å². The van der Waals surface area contributed by atoms with Crippen LogP contribution in [0.2, 0.25) is 5.02 Å². The molecule has 3 aromatic rings. The lowest BCUT2D eigenvalue weighted by Crippen LogP contribution is -2.14. The van der Waals surface area contributed by atoms with E-state index in [1.165, 1.54) is 51.7 Å². The molecule has 0 amide bonds. The second-order valence-electron chi connectivity index (χ2n) is 6.42. The summed E-state index contributed by atoms with van der Waals surface area (Å²) in [5, 5.41) is 0.613. The van der Waals surface area contributed by atoms with Crippen LogP contribution in [-0.2, 0) is 20.9 Å². The molecule has 0 radical (unpaired) electrons. The van der Waals surface area contributed by atoms with Crippen LogP contribution < -0.4 is 15.0 Å². The number of nitrogens with one attached hydrogen (secondary N) is 1. The van der Waals surface area contributed by atoms with Gasteiger partial charge in [-0.05, 0) is 42.0 Å². The molecule has 0 atom stereocenters. The third kappa shape index (κ3) is 5.06. The van der Waals surface area contributed by atoms with Crippen LogP contribution in [0.1, 0.15) is 21.7 Å². The highest BCUT2D eigenvalue weighted by Gasteiger charge is 2.12. The van der Waals surface area contributed by atoms with Crippen LogP contribution in [0.5, 0.6) is 11.5 Å². The molecule has 1 heterocycles. The highest BCUT2D eigenvalue weighted by Crippen LogP contribution is 2.36. The lowest BCUT2D eigenvalue weighted by atomic mass is 10.1. The molecule has 0 bridgehead atoms. The number of hydrogen-bond donors (Lipinski definition) is 1. The van der Waals surface area contributed by atoms with Gasteiger partial charge < -0.3 is 23.9 Å². The molecular formula is C22H19ClN2O7. The van der Waals surface area contributed by atoms with Crippen LogP contribution in [0, 0.1) is 0 Å². The first-order chi connectivity index (χ1) is 15.4. The Bertz CT molecular complexity index is 1270. The highest BCUT2D eigenvalue weighted by atomic mass is 35.5. The van der Waals surface area contributed by atoms with E-state index in [1.807, 2.05) is 0 Å². The van der Waals surface area contributed by atoms with Crippen molar-refractivity contribution >= 4 is 40.5 Å². The third-order valence-electron chi connectivity index (χ3n) is 4.40. The number of hydrogen-bond acceptors (Lipinski definition) is 8. The molecule has 9 nitrogen and oxygen atoms in total. The number of benzene rings is 2. The second-order valence-corrected chi connectivity index (χ2v) is 6.82. The number of H-pyrrole nitrogens is 1. The number of halogens is 1. The second kappa shape index (κ2) is 9.97. The van der Waals surface area contributed by atoms with Gasteiger partial charge in [0.2, 0.25) is 0 Å². The number of methoxy groups -OCH3 is 3.